The van der Waals surface area contributed by atoms with Gasteiger partial charge in [0.2, 0.25) is 0 Å². The minimum Gasteiger partial charge on any atom is -0.356 e. The third-order valence-electron chi connectivity index (χ3n) is 3.43. The molecule has 0 saturated carbocycles. The van der Waals surface area contributed by atoms with E-state index in [1.54, 1.807) is 0 Å². The molecule has 2 heterocycles. The zero-order valence-electron chi connectivity index (χ0n) is 11.5. The minimum atomic E-state index is 0.389. The first-order valence-electron chi connectivity index (χ1n) is 6.78. The molecular weight excluding hydrogens is 290 g/mol. The number of piperidine rings is 1. The number of aromatic nitrogens is 2. The zero-order valence-corrected chi connectivity index (χ0v) is 13.1. The Hall–Kier alpha value is -0.640. The third-order valence-corrected chi connectivity index (χ3v) is 3.83. The lowest BCUT2D eigenvalue weighted by Crippen LogP contribution is -2.40. The Morgan fingerprint density at radius 1 is 1.39 bits per heavy atom. The lowest BCUT2D eigenvalue weighted by Gasteiger charge is -2.38. The molecule has 0 amide bonds. The Morgan fingerprint density at radius 3 is 2.83 bits per heavy atom. The van der Waals surface area contributed by atoms with Crippen LogP contribution in [-0.4, -0.2) is 23.1 Å². The lowest BCUT2D eigenvalue weighted by molar-refractivity contribution is 0.292. The van der Waals surface area contributed by atoms with Crippen LogP contribution < -0.4 is 4.90 Å². The van der Waals surface area contributed by atoms with Gasteiger partial charge in [0.05, 0.1) is 0 Å². The molecule has 1 aliphatic heterocycles. The monoisotopic (exact) mass is 311 g/mol. The summed E-state index contributed by atoms with van der Waals surface area (Å²) in [6.07, 6.45) is 4.58. The predicted octanol–water partition coefficient (Wildman–Crippen LogP) is 3.82. The number of nitrogens with zero attached hydrogens (tertiary/aromatic N) is 3. The highest BCUT2D eigenvalue weighted by Gasteiger charge is 2.27. The van der Waals surface area contributed by atoms with Gasteiger partial charge < -0.3 is 4.90 Å². The van der Waals surface area contributed by atoms with E-state index in [0.29, 0.717) is 5.41 Å². The van der Waals surface area contributed by atoms with E-state index in [4.69, 9.17) is 4.98 Å². The summed E-state index contributed by atoms with van der Waals surface area (Å²) in [5, 5.41) is 0. The van der Waals surface area contributed by atoms with Gasteiger partial charge >= 0.3 is 0 Å². The smallest absolute Gasteiger partial charge is 0.133 e. The van der Waals surface area contributed by atoms with Crippen molar-refractivity contribution in [1.82, 2.24) is 9.97 Å². The second-order valence-electron chi connectivity index (χ2n) is 5.90. The van der Waals surface area contributed by atoms with E-state index >= 15 is 0 Å². The average Bonchev–Trinajstić information content (AvgIpc) is 2.27. The fourth-order valence-electron chi connectivity index (χ4n) is 2.57. The number of halogens is 1. The lowest BCUT2D eigenvalue weighted by atomic mass is 9.84. The van der Waals surface area contributed by atoms with Gasteiger partial charge in [0.25, 0.3) is 0 Å². The summed E-state index contributed by atoms with van der Waals surface area (Å²) in [7, 11) is 0. The van der Waals surface area contributed by atoms with Crippen molar-refractivity contribution in [2.24, 2.45) is 5.41 Å². The first kappa shape index (κ1) is 13.8. The average molecular weight is 312 g/mol. The normalized spacial score (nSPS) is 19.0. The first-order valence-corrected chi connectivity index (χ1v) is 7.58. The summed E-state index contributed by atoms with van der Waals surface area (Å²) in [5.41, 5.74) is 0.389. The highest BCUT2D eigenvalue weighted by atomic mass is 79.9. The van der Waals surface area contributed by atoms with Gasteiger partial charge in [-0.25, -0.2) is 9.97 Å². The Kier molecular flexibility index (Phi) is 4.25. The molecule has 1 fully saturated rings. The van der Waals surface area contributed by atoms with Crippen molar-refractivity contribution in [1.29, 1.82) is 0 Å². The van der Waals surface area contributed by atoms with E-state index in [1.165, 1.54) is 12.8 Å². The molecule has 1 aliphatic rings. The van der Waals surface area contributed by atoms with Gasteiger partial charge in [-0.2, -0.15) is 0 Å². The molecule has 0 bridgehead atoms. The third kappa shape index (κ3) is 3.44. The topological polar surface area (TPSA) is 29.0 Å². The molecule has 0 N–H and O–H groups in total. The van der Waals surface area contributed by atoms with Gasteiger partial charge in [-0.15, -0.1) is 0 Å². The molecule has 0 atom stereocenters. The highest BCUT2D eigenvalue weighted by molar-refractivity contribution is 9.10. The molecule has 3 nitrogen and oxygen atoms in total. The van der Waals surface area contributed by atoms with E-state index in [1.807, 2.05) is 6.07 Å². The summed E-state index contributed by atoms with van der Waals surface area (Å²) >= 11 is 3.50. The maximum Gasteiger partial charge on any atom is 0.133 e. The molecule has 4 heteroatoms. The Labute approximate surface area is 118 Å². The zero-order chi connectivity index (χ0) is 13.2. The molecule has 2 rings (SSSR count). The molecule has 0 aliphatic carbocycles. The summed E-state index contributed by atoms with van der Waals surface area (Å²) in [6.45, 7) is 9.03. The van der Waals surface area contributed by atoms with Crippen molar-refractivity contribution < 1.29 is 0 Å². The second-order valence-corrected chi connectivity index (χ2v) is 6.72. The van der Waals surface area contributed by atoms with Crippen LogP contribution in [0, 0.1) is 5.41 Å². The molecular formula is C14H22BrN3. The van der Waals surface area contributed by atoms with Crippen LogP contribution in [0.15, 0.2) is 10.7 Å². The van der Waals surface area contributed by atoms with Crippen LogP contribution in [0.2, 0.25) is 0 Å². The van der Waals surface area contributed by atoms with Crippen molar-refractivity contribution in [3.05, 3.63) is 16.5 Å². The quantitative estimate of drug-likeness (QED) is 0.795. The van der Waals surface area contributed by atoms with Gasteiger partial charge in [0, 0.05) is 25.6 Å². The largest absolute Gasteiger partial charge is 0.356 e. The summed E-state index contributed by atoms with van der Waals surface area (Å²) in [4.78, 5) is 11.5. The fourth-order valence-corrected chi connectivity index (χ4v) is 2.98. The number of rotatable bonds is 3. The van der Waals surface area contributed by atoms with Crippen molar-refractivity contribution >= 4 is 21.7 Å². The molecule has 0 spiro atoms. The van der Waals surface area contributed by atoms with E-state index < -0.39 is 0 Å². The van der Waals surface area contributed by atoms with Crippen LogP contribution in [0.3, 0.4) is 0 Å². The summed E-state index contributed by atoms with van der Waals surface area (Å²) < 4.78 is 0.902. The van der Waals surface area contributed by atoms with Gasteiger partial charge in [-0.05, 0) is 40.6 Å². The van der Waals surface area contributed by atoms with Crippen molar-refractivity contribution in [3.8, 4) is 0 Å². The van der Waals surface area contributed by atoms with Gasteiger partial charge in [0.15, 0.2) is 0 Å². The van der Waals surface area contributed by atoms with Crippen molar-refractivity contribution in [3.63, 3.8) is 0 Å². The van der Waals surface area contributed by atoms with Crippen molar-refractivity contribution in [2.75, 3.05) is 18.0 Å². The SMILES string of the molecule is CCCc1nc(Br)cc(N2CCCC(C)(C)C2)n1. The molecule has 1 saturated heterocycles. The second kappa shape index (κ2) is 5.55. The van der Waals surface area contributed by atoms with Gasteiger partial charge in [-0.3, -0.25) is 0 Å². The minimum absolute atomic E-state index is 0.389. The molecule has 0 aromatic carbocycles. The van der Waals surface area contributed by atoms with Crippen LogP contribution in [0.1, 0.15) is 45.9 Å². The molecule has 18 heavy (non-hydrogen) atoms. The predicted molar refractivity (Wildman–Crippen MR) is 79.0 cm³/mol. The standard InChI is InChI=1S/C14H22BrN3/c1-4-6-12-16-11(15)9-13(17-12)18-8-5-7-14(2,3)10-18/h9H,4-8,10H2,1-3H3. The molecule has 0 radical (unpaired) electrons. The molecule has 100 valence electrons. The summed E-state index contributed by atoms with van der Waals surface area (Å²) in [5.74, 6) is 2.03. The Bertz CT molecular complexity index is 418. The Morgan fingerprint density at radius 2 is 2.17 bits per heavy atom. The van der Waals surface area contributed by atoms with E-state index in [9.17, 15) is 0 Å². The molecule has 0 unspecified atom stereocenters. The number of hydrogen-bond acceptors (Lipinski definition) is 3. The Balaban J connectivity index is 2.21. The fraction of sp³-hybridized carbons (Fsp3) is 0.714. The first-order chi connectivity index (χ1) is 8.50. The maximum atomic E-state index is 4.70. The number of anilines is 1. The van der Waals surface area contributed by atoms with Gasteiger partial charge in [0.1, 0.15) is 16.2 Å². The number of hydrogen-bond donors (Lipinski definition) is 0. The van der Waals surface area contributed by atoms with Crippen molar-refractivity contribution in [2.45, 2.75) is 46.5 Å². The van der Waals surface area contributed by atoms with E-state index in [0.717, 1.165) is 42.2 Å². The summed E-state index contributed by atoms with van der Waals surface area (Å²) in [6, 6.07) is 2.04. The van der Waals surface area contributed by atoms with E-state index in [-0.39, 0.29) is 0 Å². The highest BCUT2D eigenvalue weighted by Crippen LogP contribution is 2.31. The molecule has 1 aromatic heterocycles. The van der Waals surface area contributed by atoms with Crippen LogP contribution in [-0.2, 0) is 6.42 Å². The van der Waals surface area contributed by atoms with Crippen LogP contribution in [0.25, 0.3) is 0 Å². The van der Waals surface area contributed by atoms with Crippen LogP contribution in [0.5, 0.6) is 0 Å². The van der Waals surface area contributed by atoms with Crippen LogP contribution in [0.4, 0.5) is 5.82 Å². The maximum absolute atomic E-state index is 4.70. The van der Waals surface area contributed by atoms with Gasteiger partial charge in [-0.1, -0.05) is 20.8 Å². The van der Waals surface area contributed by atoms with Crippen LogP contribution >= 0.6 is 15.9 Å². The molecule has 1 aromatic rings. The van der Waals surface area contributed by atoms with E-state index in [2.05, 4.69) is 46.6 Å². The number of aryl methyl sites for hydroxylation is 1.